The fraction of sp³-hybridized carbons (Fsp3) is 0. The molecule has 18 rings (SSSR count). The monoisotopic (exact) mass is 1280 g/mol. The Labute approximate surface area is 574 Å². The Morgan fingerprint density at radius 2 is 0.460 bits per heavy atom. The molecule has 0 bridgehead atoms. The van der Waals surface area contributed by atoms with Crippen LogP contribution in [0, 0.1) is 11.3 Å². The normalized spacial score (nSPS) is 11.4. The maximum atomic E-state index is 10.4. The van der Waals surface area contributed by atoms with E-state index < -0.39 is 0 Å². The first kappa shape index (κ1) is 58.5. The van der Waals surface area contributed by atoms with Gasteiger partial charge in [0, 0.05) is 82.7 Å². The van der Waals surface area contributed by atoms with Gasteiger partial charge in [-0.05, 0) is 102 Å². The largest absolute Gasteiger partial charge is 0.309 e. The van der Waals surface area contributed by atoms with Crippen LogP contribution in [0.1, 0.15) is 5.56 Å². The molecule has 18 aromatic rings. The first-order valence-electron chi connectivity index (χ1n) is 33.0. The van der Waals surface area contributed by atoms with Crippen molar-refractivity contribution in [2.75, 3.05) is 0 Å². The van der Waals surface area contributed by atoms with Crippen molar-refractivity contribution < 1.29 is 0 Å². The van der Waals surface area contributed by atoms with Crippen LogP contribution in [0.5, 0.6) is 0 Å². The van der Waals surface area contributed by atoms with E-state index in [9.17, 15) is 5.26 Å². The third-order valence-corrected chi connectivity index (χ3v) is 18.3. The van der Waals surface area contributed by atoms with E-state index >= 15 is 0 Å². The molecule has 5 heterocycles. The highest BCUT2D eigenvalue weighted by Crippen LogP contribution is 2.45. The summed E-state index contributed by atoms with van der Waals surface area (Å²) < 4.78 is 4.75. The van der Waals surface area contributed by atoms with Gasteiger partial charge in [-0.1, -0.05) is 237 Å². The first-order chi connectivity index (χ1) is 49.5. The Kier molecular flexibility index (Phi) is 14.6. The van der Waals surface area contributed by atoms with Crippen LogP contribution in [0.25, 0.3) is 180 Å². The minimum Gasteiger partial charge on any atom is -0.309 e. The van der Waals surface area contributed by atoms with Crippen molar-refractivity contribution in [3.05, 3.63) is 333 Å². The Balaban J connectivity index is 0.897. The van der Waals surface area contributed by atoms with Gasteiger partial charge >= 0.3 is 0 Å². The number of benzene rings is 13. The molecular weight excluding hydrogens is 1230 g/mol. The molecular formula is C88H54N12. The minimum atomic E-state index is 0.502. The van der Waals surface area contributed by atoms with E-state index in [0.29, 0.717) is 58.0 Å². The predicted molar refractivity (Wildman–Crippen MR) is 400 cm³/mol. The number of fused-ring (bicyclic) bond motifs is 6. The van der Waals surface area contributed by atoms with E-state index in [4.69, 9.17) is 44.9 Å². The van der Waals surface area contributed by atoms with Crippen molar-refractivity contribution in [1.29, 1.82) is 5.26 Å². The molecule has 0 spiro atoms. The molecule has 0 amide bonds. The van der Waals surface area contributed by atoms with Crippen LogP contribution in [-0.2, 0) is 0 Å². The van der Waals surface area contributed by atoms with E-state index in [2.05, 4.69) is 143 Å². The molecule has 0 saturated heterocycles. The standard InChI is InChI=1S/C88H54N12/c89-55-56-24-23-37-63(50-56)64-42-46-78(99-74-40-21-19-38-68(74)70-52-65(43-47-76(70)99)86-93-80(57-25-7-1-8-26-57)90-81(94-86)58-27-9-2-10-28-58)72(51-64)73-54-67(88-97-84(61-33-15-5-16-34-61)92-85(98-88)62-35-17-6-18-36-62)45-49-79(73)100-75-41-22-20-39-69(75)71-53-66(44-48-77(71)100)87-95-82(59-29-11-3-12-30-59)91-83(96-87)60-31-13-4-14-32-60/h1-54H. The van der Waals surface area contributed by atoms with Crippen LogP contribution in [-0.4, -0.2) is 54.0 Å². The number of nitrogens with zero attached hydrogens (tertiary/aromatic N) is 12. The van der Waals surface area contributed by atoms with Gasteiger partial charge in [0.1, 0.15) is 0 Å². The van der Waals surface area contributed by atoms with Crippen molar-refractivity contribution >= 4 is 43.6 Å². The molecule has 0 N–H and O–H groups in total. The summed E-state index contributed by atoms with van der Waals surface area (Å²) in [7, 11) is 0. The lowest BCUT2D eigenvalue weighted by Gasteiger charge is -2.21. The number of para-hydroxylation sites is 2. The van der Waals surface area contributed by atoms with Crippen LogP contribution in [0.4, 0.5) is 0 Å². The summed E-state index contributed by atoms with van der Waals surface area (Å²) in [5.41, 5.74) is 17.6. The smallest absolute Gasteiger partial charge is 0.164 e. The number of rotatable bonds is 13. The van der Waals surface area contributed by atoms with Gasteiger partial charge in [0.25, 0.3) is 0 Å². The molecule has 0 aliphatic carbocycles. The third kappa shape index (κ3) is 10.7. The van der Waals surface area contributed by atoms with Gasteiger partial charge in [0.2, 0.25) is 0 Å². The van der Waals surface area contributed by atoms with Crippen molar-refractivity contribution in [3.8, 4) is 142 Å². The van der Waals surface area contributed by atoms with Crippen LogP contribution in [0.15, 0.2) is 328 Å². The van der Waals surface area contributed by atoms with Crippen molar-refractivity contribution in [2.24, 2.45) is 0 Å². The summed E-state index contributed by atoms with van der Waals surface area (Å²) in [5, 5.41) is 14.5. The molecule has 0 aliphatic heterocycles. The maximum absolute atomic E-state index is 10.4. The topological polar surface area (TPSA) is 150 Å². The summed E-state index contributed by atoms with van der Waals surface area (Å²) in [6, 6.07) is 114. The molecule has 12 nitrogen and oxygen atoms in total. The fourth-order valence-electron chi connectivity index (χ4n) is 13.5. The zero-order valence-corrected chi connectivity index (χ0v) is 53.5. The second-order valence-electron chi connectivity index (χ2n) is 24.4. The molecule has 0 fully saturated rings. The summed E-state index contributed by atoms with van der Waals surface area (Å²) >= 11 is 0. The Morgan fingerprint density at radius 3 is 0.810 bits per heavy atom. The lowest BCUT2D eigenvalue weighted by atomic mass is 9.93. The molecule has 5 aromatic heterocycles. The molecule has 12 heteroatoms. The summed E-state index contributed by atoms with van der Waals surface area (Å²) in [5.74, 6) is 5.05. The second kappa shape index (κ2) is 25.0. The van der Waals surface area contributed by atoms with E-state index in [-0.39, 0.29) is 0 Å². The maximum Gasteiger partial charge on any atom is 0.164 e. The van der Waals surface area contributed by atoms with E-state index in [1.165, 1.54) is 0 Å². The SMILES string of the molecule is N#Cc1cccc(-c2ccc(-n3c4ccccc4c4cc(-c5nc(-c6ccccc6)nc(-c6ccccc6)n5)ccc43)c(-c3cc(-c4nc(-c5ccccc5)nc(-c5ccccc5)n4)ccc3-n3c4ccccc4c4cc(-c5nc(-c6ccccc6)nc(-c6ccccc6)n5)ccc43)c2)c1. The van der Waals surface area contributed by atoms with E-state index in [0.717, 1.165) is 127 Å². The molecule has 466 valence electrons. The average molecular weight is 1280 g/mol. The van der Waals surface area contributed by atoms with Gasteiger partial charge in [0.05, 0.1) is 45.1 Å². The summed E-state index contributed by atoms with van der Waals surface area (Å²) in [6.45, 7) is 0. The molecule has 0 unspecified atom stereocenters. The van der Waals surface area contributed by atoms with Crippen LogP contribution >= 0.6 is 0 Å². The van der Waals surface area contributed by atoms with Gasteiger partial charge in [0.15, 0.2) is 52.4 Å². The molecule has 0 atom stereocenters. The fourth-order valence-corrected chi connectivity index (χ4v) is 13.5. The lowest BCUT2D eigenvalue weighted by Crippen LogP contribution is -2.04. The molecule has 0 aliphatic rings. The minimum absolute atomic E-state index is 0.502. The van der Waals surface area contributed by atoms with Gasteiger partial charge < -0.3 is 9.13 Å². The van der Waals surface area contributed by atoms with Crippen LogP contribution in [0.3, 0.4) is 0 Å². The third-order valence-electron chi connectivity index (χ3n) is 18.3. The van der Waals surface area contributed by atoms with Gasteiger partial charge in [-0.2, -0.15) is 5.26 Å². The Hall–Kier alpha value is -14.0. The van der Waals surface area contributed by atoms with Crippen LogP contribution < -0.4 is 0 Å². The number of aromatic nitrogens is 11. The van der Waals surface area contributed by atoms with Gasteiger partial charge in [-0.15, -0.1) is 0 Å². The van der Waals surface area contributed by atoms with Crippen molar-refractivity contribution in [2.45, 2.75) is 0 Å². The van der Waals surface area contributed by atoms with Gasteiger partial charge in [-0.3, -0.25) is 0 Å². The van der Waals surface area contributed by atoms with Crippen molar-refractivity contribution in [1.82, 2.24) is 54.0 Å². The Bertz CT molecular complexity index is 6040. The van der Waals surface area contributed by atoms with Gasteiger partial charge in [-0.25, -0.2) is 44.9 Å². The van der Waals surface area contributed by atoms with Crippen molar-refractivity contribution in [3.63, 3.8) is 0 Å². The second-order valence-corrected chi connectivity index (χ2v) is 24.4. The summed E-state index contributed by atoms with van der Waals surface area (Å²) in [6.07, 6.45) is 0. The molecule has 0 saturated carbocycles. The predicted octanol–water partition coefficient (Wildman–Crippen LogP) is 20.6. The highest BCUT2D eigenvalue weighted by Gasteiger charge is 2.25. The highest BCUT2D eigenvalue weighted by molar-refractivity contribution is 6.13. The lowest BCUT2D eigenvalue weighted by molar-refractivity contribution is 1.07. The Morgan fingerprint density at radius 1 is 0.200 bits per heavy atom. The number of hydrogen-bond donors (Lipinski definition) is 0. The van der Waals surface area contributed by atoms with E-state index in [1.54, 1.807) is 0 Å². The zero-order chi connectivity index (χ0) is 66.5. The molecule has 0 radical (unpaired) electrons. The van der Waals surface area contributed by atoms with E-state index in [1.807, 2.05) is 200 Å². The quantitative estimate of drug-likeness (QED) is 0.109. The highest BCUT2D eigenvalue weighted by atomic mass is 15.1. The number of nitriles is 1. The zero-order valence-electron chi connectivity index (χ0n) is 53.5. The van der Waals surface area contributed by atoms with Crippen LogP contribution in [0.2, 0.25) is 0 Å². The average Bonchev–Trinajstić information content (AvgIpc) is 1.51. The first-order valence-corrected chi connectivity index (χ1v) is 33.0. The molecule has 100 heavy (non-hydrogen) atoms. The molecule has 13 aromatic carbocycles. The summed E-state index contributed by atoms with van der Waals surface area (Å²) in [4.78, 5) is 46.6. The number of hydrogen-bond acceptors (Lipinski definition) is 10.